The molecular weight excluding hydrogens is 194 g/mol. The van der Waals surface area contributed by atoms with Crippen LogP contribution in [0.5, 0.6) is 0 Å². The molecule has 1 heterocycles. The van der Waals surface area contributed by atoms with Gasteiger partial charge in [0.2, 0.25) is 11.8 Å². The Morgan fingerprint density at radius 1 is 1.60 bits per heavy atom. The number of amides is 2. The summed E-state index contributed by atoms with van der Waals surface area (Å²) in [4.78, 5) is 24.5. The van der Waals surface area contributed by atoms with Crippen molar-refractivity contribution in [2.45, 2.75) is 26.3 Å². The van der Waals surface area contributed by atoms with E-state index in [9.17, 15) is 9.59 Å². The molecule has 1 aliphatic rings. The number of carbonyl (C=O) groups excluding carboxylic acids is 2. The number of rotatable bonds is 3. The fraction of sp³-hybridized carbons (Fsp3) is 0.800. The van der Waals surface area contributed by atoms with E-state index in [1.165, 1.54) is 0 Å². The van der Waals surface area contributed by atoms with Gasteiger partial charge in [0.05, 0.1) is 13.1 Å². The summed E-state index contributed by atoms with van der Waals surface area (Å²) in [6.07, 6.45) is 0.832. The van der Waals surface area contributed by atoms with Crippen LogP contribution in [-0.4, -0.2) is 48.9 Å². The number of carbonyl (C=O) groups is 2. The molecule has 1 rings (SSSR count). The Hall–Kier alpha value is -1.10. The second kappa shape index (κ2) is 5.70. The standard InChI is InChI=1S/C10H19N3O2/c1-8(2)12-6-10(15)13-5-3-4-11-9(14)7-13/h8,12H,3-7H2,1-2H3,(H,11,14). The molecule has 0 radical (unpaired) electrons. The predicted molar refractivity (Wildman–Crippen MR) is 57.3 cm³/mol. The third-order valence-electron chi connectivity index (χ3n) is 2.28. The topological polar surface area (TPSA) is 61.4 Å². The van der Waals surface area contributed by atoms with E-state index in [-0.39, 0.29) is 24.4 Å². The molecule has 0 unspecified atom stereocenters. The van der Waals surface area contributed by atoms with Crippen LogP contribution in [0.3, 0.4) is 0 Å². The van der Waals surface area contributed by atoms with Crippen molar-refractivity contribution in [3.8, 4) is 0 Å². The molecule has 0 spiro atoms. The fourth-order valence-electron chi connectivity index (χ4n) is 1.42. The third-order valence-corrected chi connectivity index (χ3v) is 2.28. The van der Waals surface area contributed by atoms with Crippen molar-refractivity contribution in [2.75, 3.05) is 26.2 Å². The Labute approximate surface area is 90.2 Å². The third kappa shape index (κ3) is 4.29. The molecule has 1 fully saturated rings. The molecule has 86 valence electrons. The van der Waals surface area contributed by atoms with E-state index in [0.29, 0.717) is 19.6 Å². The summed E-state index contributed by atoms with van der Waals surface area (Å²) in [7, 11) is 0. The molecule has 0 aromatic rings. The van der Waals surface area contributed by atoms with Crippen molar-refractivity contribution in [1.29, 1.82) is 0 Å². The molecule has 2 N–H and O–H groups in total. The zero-order valence-electron chi connectivity index (χ0n) is 9.38. The molecule has 0 aromatic heterocycles. The van der Waals surface area contributed by atoms with Gasteiger partial charge in [-0.25, -0.2) is 0 Å². The minimum absolute atomic E-state index is 0.000694. The van der Waals surface area contributed by atoms with E-state index >= 15 is 0 Å². The molecule has 0 bridgehead atoms. The highest BCUT2D eigenvalue weighted by Crippen LogP contribution is 1.96. The maximum absolute atomic E-state index is 11.7. The normalized spacial score (nSPS) is 17.5. The first-order valence-corrected chi connectivity index (χ1v) is 5.37. The molecule has 0 aliphatic carbocycles. The van der Waals surface area contributed by atoms with E-state index in [2.05, 4.69) is 10.6 Å². The van der Waals surface area contributed by atoms with Gasteiger partial charge in [0.15, 0.2) is 0 Å². The predicted octanol–water partition coefficient (Wildman–Crippen LogP) is -0.667. The van der Waals surface area contributed by atoms with Gasteiger partial charge in [0.1, 0.15) is 0 Å². The Morgan fingerprint density at radius 3 is 3.00 bits per heavy atom. The average Bonchev–Trinajstić information content (AvgIpc) is 2.39. The van der Waals surface area contributed by atoms with E-state index in [1.54, 1.807) is 4.90 Å². The lowest BCUT2D eigenvalue weighted by atomic mass is 10.3. The molecule has 5 nitrogen and oxygen atoms in total. The van der Waals surface area contributed by atoms with Crippen LogP contribution in [0.4, 0.5) is 0 Å². The first-order chi connectivity index (χ1) is 7.09. The molecule has 0 aromatic carbocycles. The van der Waals surface area contributed by atoms with Gasteiger partial charge < -0.3 is 15.5 Å². The van der Waals surface area contributed by atoms with Crippen molar-refractivity contribution >= 4 is 11.8 Å². The van der Waals surface area contributed by atoms with Gasteiger partial charge in [-0.2, -0.15) is 0 Å². The average molecular weight is 213 g/mol. The van der Waals surface area contributed by atoms with Crippen LogP contribution in [0.1, 0.15) is 20.3 Å². The second-order valence-electron chi connectivity index (χ2n) is 4.05. The number of hydrogen-bond donors (Lipinski definition) is 2. The number of nitrogens with zero attached hydrogens (tertiary/aromatic N) is 1. The van der Waals surface area contributed by atoms with E-state index in [0.717, 1.165) is 6.42 Å². The lowest BCUT2D eigenvalue weighted by Crippen LogP contribution is -2.43. The van der Waals surface area contributed by atoms with Crippen molar-refractivity contribution in [3.05, 3.63) is 0 Å². The van der Waals surface area contributed by atoms with Crippen LogP contribution < -0.4 is 10.6 Å². The number of hydrogen-bond acceptors (Lipinski definition) is 3. The summed E-state index contributed by atoms with van der Waals surface area (Å²) in [5, 5.41) is 5.80. The van der Waals surface area contributed by atoms with Gasteiger partial charge in [-0.1, -0.05) is 13.8 Å². The van der Waals surface area contributed by atoms with Crippen LogP contribution in [0.25, 0.3) is 0 Å². The maximum Gasteiger partial charge on any atom is 0.239 e. The van der Waals surface area contributed by atoms with Gasteiger partial charge in [-0.05, 0) is 6.42 Å². The second-order valence-corrected chi connectivity index (χ2v) is 4.05. The first kappa shape index (κ1) is 12.0. The summed E-state index contributed by atoms with van der Waals surface area (Å²) in [6.45, 7) is 5.81. The summed E-state index contributed by atoms with van der Waals surface area (Å²) < 4.78 is 0. The maximum atomic E-state index is 11.7. The first-order valence-electron chi connectivity index (χ1n) is 5.37. The Morgan fingerprint density at radius 2 is 2.33 bits per heavy atom. The molecule has 5 heteroatoms. The minimum Gasteiger partial charge on any atom is -0.354 e. The van der Waals surface area contributed by atoms with Crippen molar-refractivity contribution < 1.29 is 9.59 Å². The van der Waals surface area contributed by atoms with E-state index in [4.69, 9.17) is 0 Å². The molecule has 0 saturated carbocycles. The van der Waals surface area contributed by atoms with Gasteiger partial charge in [0.25, 0.3) is 0 Å². The van der Waals surface area contributed by atoms with Gasteiger partial charge >= 0.3 is 0 Å². The SMILES string of the molecule is CC(C)NCC(=O)N1CCCNC(=O)C1. The lowest BCUT2D eigenvalue weighted by molar-refractivity contribution is -0.134. The highest BCUT2D eigenvalue weighted by atomic mass is 16.2. The summed E-state index contributed by atoms with van der Waals surface area (Å²) in [6, 6.07) is 0.287. The highest BCUT2D eigenvalue weighted by Gasteiger charge is 2.19. The van der Waals surface area contributed by atoms with Crippen LogP contribution in [0.2, 0.25) is 0 Å². The zero-order valence-corrected chi connectivity index (χ0v) is 9.38. The zero-order chi connectivity index (χ0) is 11.3. The Balaban J connectivity index is 2.39. The van der Waals surface area contributed by atoms with Crippen LogP contribution in [0.15, 0.2) is 0 Å². The lowest BCUT2D eigenvalue weighted by Gasteiger charge is -2.19. The Bertz CT molecular complexity index is 241. The summed E-state index contributed by atoms with van der Waals surface area (Å²) >= 11 is 0. The molecule has 15 heavy (non-hydrogen) atoms. The van der Waals surface area contributed by atoms with Crippen molar-refractivity contribution in [2.24, 2.45) is 0 Å². The van der Waals surface area contributed by atoms with Gasteiger partial charge in [-0.3, -0.25) is 9.59 Å². The summed E-state index contributed by atoms with van der Waals surface area (Å²) in [5.41, 5.74) is 0. The molecular formula is C10H19N3O2. The molecule has 1 saturated heterocycles. The van der Waals surface area contributed by atoms with Gasteiger partial charge in [-0.15, -0.1) is 0 Å². The monoisotopic (exact) mass is 213 g/mol. The number of nitrogens with one attached hydrogen (secondary N) is 2. The van der Waals surface area contributed by atoms with Crippen molar-refractivity contribution in [3.63, 3.8) is 0 Å². The minimum atomic E-state index is -0.0644. The molecule has 2 amide bonds. The summed E-state index contributed by atoms with van der Waals surface area (Å²) in [5.74, 6) is -0.0638. The molecule has 1 aliphatic heterocycles. The van der Waals surface area contributed by atoms with E-state index in [1.807, 2.05) is 13.8 Å². The Kier molecular flexibility index (Phi) is 4.55. The van der Waals surface area contributed by atoms with Crippen molar-refractivity contribution in [1.82, 2.24) is 15.5 Å². The fourth-order valence-corrected chi connectivity index (χ4v) is 1.42. The van der Waals surface area contributed by atoms with Gasteiger partial charge in [0, 0.05) is 19.1 Å². The smallest absolute Gasteiger partial charge is 0.239 e. The quantitative estimate of drug-likeness (QED) is 0.654. The van der Waals surface area contributed by atoms with Crippen LogP contribution in [-0.2, 0) is 9.59 Å². The van der Waals surface area contributed by atoms with E-state index < -0.39 is 0 Å². The van der Waals surface area contributed by atoms with Crippen LogP contribution >= 0.6 is 0 Å². The largest absolute Gasteiger partial charge is 0.354 e. The van der Waals surface area contributed by atoms with Crippen LogP contribution in [0, 0.1) is 0 Å². The highest BCUT2D eigenvalue weighted by molar-refractivity contribution is 5.86. The molecule has 0 atom stereocenters.